The predicted molar refractivity (Wildman–Crippen MR) is 169 cm³/mol. The Morgan fingerprint density at radius 1 is 0.932 bits per heavy atom. The molecule has 2 aliphatic rings. The highest BCUT2D eigenvalue weighted by Crippen LogP contribution is 2.24. The molecule has 0 aliphatic carbocycles. The van der Waals surface area contributed by atoms with Crippen molar-refractivity contribution in [3.8, 4) is 11.4 Å². The molecule has 0 saturated carbocycles. The van der Waals surface area contributed by atoms with Crippen LogP contribution in [0.25, 0.3) is 11.4 Å². The van der Waals surface area contributed by atoms with Gasteiger partial charge in [0.2, 0.25) is 0 Å². The zero-order chi connectivity index (χ0) is 30.5. The minimum Gasteiger partial charge on any atom is -0.379 e. The zero-order valence-corrected chi connectivity index (χ0v) is 24.9. The summed E-state index contributed by atoms with van der Waals surface area (Å²) in [6.07, 6.45) is 2.64. The summed E-state index contributed by atoms with van der Waals surface area (Å²) in [5.41, 5.74) is 3.64. The number of rotatable bonds is 9. The number of nitrogens with one attached hydrogen (secondary N) is 2. The first-order valence-electron chi connectivity index (χ1n) is 15.1. The average molecular weight is 599 g/mol. The van der Waals surface area contributed by atoms with E-state index in [0.717, 1.165) is 50.7 Å². The van der Waals surface area contributed by atoms with E-state index in [1.807, 2.05) is 42.2 Å². The molecule has 2 aromatic heterocycles. The lowest BCUT2D eigenvalue weighted by molar-refractivity contribution is 0.0378. The number of carbonyl (C=O) groups excluding carboxylic acids is 1. The number of hydrogen-bond acceptors (Lipinski definition) is 8. The Kier molecular flexibility index (Phi) is 8.89. The van der Waals surface area contributed by atoms with Gasteiger partial charge < -0.3 is 19.9 Å². The van der Waals surface area contributed by atoms with Crippen LogP contribution in [0.15, 0.2) is 76.4 Å². The van der Waals surface area contributed by atoms with Crippen LogP contribution in [0.1, 0.15) is 22.5 Å². The number of anilines is 2. The predicted octanol–water partition coefficient (Wildman–Crippen LogP) is 2.12. The number of amides is 1. The monoisotopic (exact) mass is 598 g/mol. The van der Waals surface area contributed by atoms with E-state index in [1.54, 1.807) is 30.5 Å². The van der Waals surface area contributed by atoms with E-state index >= 15 is 0 Å². The molecule has 1 amide bonds. The van der Waals surface area contributed by atoms with Crippen LogP contribution in [0.2, 0.25) is 0 Å². The molecule has 12 nitrogen and oxygen atoms in total. The van der Waals surface area contributed by atoms with Crippen LogP contribution in [-0.4, -0.2) is 101 Å². The Labute approximate surface area is 255 Å². The smallest absolute Gasteiger partial charge is 0.296 e. The van der Waals surface area contributed by atoms with Gasteiger partial charge >= 0.3 is 0 Å². The molecule has 4 aromatic rings. The molecule has 0 atom stereocenters. The van der Waals surface area contributed by atoms with Crippen molar-refractivity contribution in [1.29, 1.82) is 0 Å². The van der Waals surface area contributed by atoms with E-state index in [9.17, 15) is 14.4 Å². The van der Waals surface area contributed by atoms with Gasteiger partial charge in [-0.3, -0.25) is 24.4 Å². The number of aromatic amines is 1. The molecule has 12 heteroatoms. The van der Waals surface area contributed by atoms with Crippen molar-refractivity contribution in [3.05, 3.63) is 98.8 Å². The van der Waals surface area contributed by atoms with Gasteiger partial charge in [-0.1, -0.05) is 18.2 Å². The number of H-pyrrole nitrogens is 1. The van der Waals surface area contributed by atoms with Gasteiger partial charge in [0.25, 0.3) is 17.0 Å². The van der Waals surface area contributed by atoms with Gasteiger partial charge in [0, 0.05) is 63.1 Å². The highest BCUT2D eigenvalue weighted by molar-refractivity contribution is 5.94. The van der Waals surface area contributed by atoms with E-state index in [-0.39, 0.29) is 17.0 Å². The van der Waals surface area contributed by atoms with Crippen molar-refractivity contribution >= 4 is 17.3 Å². The molecule has 0 unspecified atom stereocenters. The van der Waals surface area contributed by atoms with Gasteiger partial charge in [0.1, 0.15) is 5.69 Å². The summed E-state index contributed by atoms with van der Waals surface area (Å²) in [6, 6.07) is 18.0. The number of carbonyl (C=O) groups is 1. The van der Waals surface area contributed by atoms with E-state index in [4.69, 9.17) is 4.74 Å². The molecule has 2 aliphatic heterocycles. The second-order valence-corrected chi connectivity index (χ2v) is 11.1. The number of aryl methyl sites for hydroxylation is 1. The minimum atomic E-state index is -0.199. The van der Waals surface area contributed by atoms with Crippen LogP contribution in [0.3, 0.4) is 0 Å². The maximum Gasteiger partial charge on any atom is 0.296 e. The molecular weight excluding hydrogens is 560 g/mol. The Balaban J connectivity index is 1.14. The fourth-order valence-electron chi connectivity index (χ4n) is 5.74. The molecule has 2 N–H and O–H groups in total. The average Bonchev–Trinajstić information content (AvgIpc) is 3.41. The molecule has 0 radical (unpaired) electrons. The summed E-state index contributed by atoms with van der Waals surface area (Å²) in [4.78, 5) is 45.5. The van der Waals surface area contributed by atoms with Gasteiger partial charge in [0.05, 0.1) is 36.5 Å². The number of para-hydroxylation sites is 1. The highest BCUT2D eigenvalue weighted by atomic mass is 16.5. The number of morpholine rings is 1. The Hall–Kier alpha value is -4.68. The number of ether oxygens (including phenoxy) is 1. The maximum absolute atomic E-state index is 13.7. The standard InChI is InChI=1S/C32H38N8O4/c1-24-22-29(41)39(35-24)27-10-8-25(9-11-27)31(42)38-16-14-37(15-17-38)28-23-34-40(26-6-3-2-4-7-26)32(43)30(28)33-12-5-13-36-18-20-44-21-19-36/h2-4,6-11,22-23,33,35H,5,12-21H2,1H3. The summed E-state index contributed by atoms with van der Waals surface area (Å²) >= 11 is 0. The van der Waals surface area contributed by atoms with E-state index < -0.39 is 0 Å². The van der Waals surface area contributed by atoms with E-state index in [0.29, 0.717) is 55.3 Å². The van der Waals surface area contributed by atoms with E-state index in [2.05, 4.69) is 25.3 Å². The molecule has 44 heavy (non-hydrogen) atoms. The number of nitrogens with zero attached hydrogens (tertiary/aromatic N) is 6. The lowest BCUT2D eigenvalue weighted by Gasteiger charge is -2.36. The molecule has 230 valence electrons. The molecule has 2 saturated heterocycles. The van der Waals surface area contributed by atoms with Gasteiger partial charge in [-0.2, -0.15) is 9.78 Å². The SMILES string of the molecule is Cc1cc(=O)n(-c2ccc(C(=O)N3CCN(c4cnn(-c5ccccc5)c(=O)c4NCCCN4CCOCC4)CC3)cc2)[nH]1. The molecule has 0 bridgehead atoms. The van der Waals surface area contributed by atoms with Crippen LogP contribution in [0.4, 0.5) is 11.4 Å². The third kappa shape index (κ3) is 6.46. The molecule has 6 rings (SSSR count). The van der Waals surface area contributed by atoms with Crippen molar-refractivity contribution in [3.63, 3.8) is 0 Å². The Bertz CT molecular complexity index is 1680. The van der Waals surface area contributed by atoms with Crippen LogP contribution in [-0.2, 0) is 4.74 Å². The first kappa shape index (κ1) is 29.4. The Morgan fingerprint density at radius 3 is 2.34 bits per heavy atom. The van der Waals surface area contributed by atoms with Gasteiger partial charge in [-0.15, -0.1) is 0 Å². The van der Waals surface area contributed by atoms with Crippen LogP contribution >= 0.6 is 0 Å². The summed E-state index contributed by atoms with van der Waals surface area (Å²) in [5.74, 6) is -0.0645. The largest absolute Gasteiger partial charge is 0.379 e. The van der Waals surface area contributed by atoms with Gasteiger partial charge in [-0.05, 0) is 56.3 Å². The normalized spacial score (nSPS) is 15.8. The first-order chi connectivity index (χ1) is 21.5. The number of aromatic nitrogens is 4. The maximum atomic E-state index is 13.7. The van der Waals surface area contributed by atoms with Crippen LogP contribution in [0, 0.1) is 6.92 Å². The second kappa shape index (κ2) is 13.3. The quantitative estimate of drug-likeness (QED) is 0.281. The topological polar surface area (TPSA) is 121 Å². The third-order valence-electron chi connectivity index (χ3n) is 8.14. The minimum absolute atomic E-state index is 0.0645. The summed E-state index contributed by atoms with van der Waals surface area (Å²) in [5, 5.41) is 11.0. The van der Waals surface area contributed by atoms with E-state index in [1.165, 1.54) is 15.4 Å². The van der Waals surface area contributed by atoms with Gasteiger partial charge in [-0.25, -0.2) is 4.68 Å². The molecule has 2 aromatic carbocycles. The summed E-state index contributed by atoms with van der Waals surface area (Å²) in [6.45, 7) is 8.96. The molecule has 0 spiro atoms. The lowest BCUT2D eigenvalue weighted by atomic mass is 10.1. The fourth-order valence-corrected chi connectivity index (χ4v) is 5.74. The zero-order valence-electron chi connectivity index (χ0n) is 24.9. The Morgan fingerprint density at radius 2 is 1.66 bits per heavy atom. The lowest BCUT2D eigenvalue weighted by Crippen LogP contribution is -2.49. The molecule has 4 heterocycles. The van der Waals surface area contributed by atoms with Crippen LogP contribution in [0.5, 0.6) is 0 Å². The summed E-state index contributed by atoms with van der Waals surface area (Å²) in [7, 11) is 0. The second-order valence-electron chi connectivity index (χ2n) is 11.1. The molecular formula is C32H38N8O4. The van der Waals surface area contributed by atoms with Crippen molar-refractivity contribution in [2.24, 2.45) is 0 Å². The number of piperazine rings is 1. The first-order valence-corrected chi connectivity index (χ1v) is 15.1. The van der Waals surface area contributed by atoms with Crippen LogP contribution < -0.4 is 21.3 Å². The van der Waals surface area contributed by atoms with Crippen molar-refractivity contribution < 1.29 is 9.53 Å². The molecule has 2 fully saturated rings. The van der Waals surface area contributed by atoms with Gasteiger partial charge in [0.15, 0.2) is 0 Å². The summed E-state index contributed by atoms with van der Waals surface area (Å²) < 4.78 is 8.34. The van der Waals surface area contributed by atoms with Crippen molar-refractivity contribution in [2.75, 3.05) is 75.8 Å². The third-order valence-corrected chi connectivity index (χ3v) is 8.14. The number of hydrogen-bond donors (Lipinski definition) is 2. The van der Waals surface area contributed by atoms with Crippen molar-refractivity contribution in [1.82, 2.24) is 29.4 Å². The highest BCUT2D eigenvalue weighted by Gasteiger charge is 2.25. The van der Waals surface area contributed by atoms with Crippen molar-refractivity contribution in [2.45, 2.75) is 13.3 Å². The number of benzene rings is 2. The fraction of sp³-hybridized carbons (Fsp3) is 0.375.